The SMILES string of the molecule is CCCCN(c1ccc(CNC(C)C)c(C)n1)C1CC1. The molecule has 0 bridgehead atoms. The molecular formula is C17H29N3. The maximum atomic E-state index is 4.85. The molecule has 0 unspecified atom stereocenters. The minimum Gasteiger partial charge on any atom is -0.354 e. The highest BCUT2D eigenvalue weighted by Crippen LogP contribution is 2.31. The van der Waals surface area contributed by atoms with Gasteiger partial charge in [-0.05, 0) is 37.8 Å². The van der Waals surface area contributed by atoms with Crippen LogP contribution < -0.4 is 10.2 Å². The zero-order valence-electron chi connectivity index (χ0n) is 13.4. The third kappa shape index (κ3) is 4.20. The molecule has 1 aliphatic rings. The van der Waals surface area contributed by atoms with Gasteiger partial charge in [0.25, 0.3) is 0 Å². The van der Waals surface area contributed by atoms with Crippen LogP contribution in [0.25, 0.3) is 0 Å². The molecule has 0 saturated heterocycles. The van der Waals surface area contributed by atoms with E-state index < -0.39 is 0 Å². The fourth-order valence-electron chi connectivity index (χ4n) is 2.44. The Hall–Kier alpha value is -1.09. The van der Waals surface area contributed by atoms with E-state index in [1.165, 1.54) is 37.1 Å². The lowest BCUT2D eigenvalue weighted by molar-refractivity contribution is 0.586. The molecule has 0 spiro atoms. The highest BCUT2D eigenvalue weighted by molar-refractivity contribution is 5.44. The average molecular weight is 275 g/mol. The van der Waals surface area contributed by atoms with Crippen molar-refractivity contribution in [2.24, 2.45) is 0 Å². The summed E-state index contributed by atoms with van der Waals surface area (Å²) in [5.74, 6) is 1.17. The number of aromatic nitrogens is 1. The first-order chi connectivity index (χ1) is 9.61. The molecule has 0 radical (unpaired) electrons. The zero-order chi connectivity index (χ0) is 14.5. The van der Waals surface area contributed by atoms with Gasteiger partial charge in [0.1, 0.15) is 5.82 Å². The van der Waals surface area contributed by atoms with Gasteiger partial charge in [-0.2, -0.15) is 0 Å². The molecule has 3 nitrogen and oxygen atoms in total. The second-order valence-electron chi connectivity index (χ2n) is 6.23. The topological polar surface area (TPSA) is 28.2 Å². The summed E-state index contributed by atoms with van der Waals surface area (Å²) in [5, 5.41) is 3.47. The van der Waals surface area contributed by atoms with Gasteiger partial charge in [0.2, 0.25) is 0 Å². The normalized spacial score (nSPS) is 14.8. The standard InChI is InChI=1S/C17H29N3/c1-5-6-11-20(16-8-9-16)17-10-7-15(14(4)19-17)12-18-13(2)3/h7,10,13,16,18H,5-6,8-9,11-12H2,1-4H3. The van der Waals surface area contributed by atoms with Gasteiger partial charge in [0.05, 0.1) is 0 Å². The van der Waals surface area contributed by atoms with Crippen LogP contribution in [0.2, 0.25) is 0 Å². The molecule has 0 atom stereocenters. The lowest BCUT2D eigenvalue weighted by Gasteiger charge is -2.24. The Balaban J connectivity index is 2.05. The van der Waals surface area contributed by atoms with E-state index in [1.54, 1.807) is 0 Å². The highest BCUT2D eigenvalue weighted by Gasteiger charge is 2.29. The average Bonchev–Trinajstić information content (AvgIpc) is 3.22. The summed E-state index contributed by atoms with van der Waals surface area (Å²) in [6.45, 7) is 10.8. The van der Waals surface area contributed by atoms with Crippen LogP contribution in [0.3, 0.4) is 0 Å². The number of hydrogen-bond donors (Lipinski definition) is 1. The lowest BCUT2D eigenvalue weighted by Crippen LogP contribution is -2.28. The Labute approximate surface area is 123 Å². The zero-order valence-corrected chi connectivity index (χ0v) is 13.4. The third-order valence-corrected chi connectivity index (χ3v) is 3.92. The number of rotatable bonds is 8. The molecule has 1 aromatic rings. The first-order valence-electron chi connectivity index (χ1n) is 8.08. The van der Waals surface area contributed by atoms with Crippen molar-refractivity contribution in [2.75, 3.05) is 11.4 Å². The van der Waals surface area contributed by atoms with E-state index in [2.05, 4.69) is 50.0 Å². The molecule has 1 aromatic heterocycles. The van der Waals surface area contributed by atoms with Crippen molar-refractivity contribution in [3.8, 4) is 0 Å². The predicted molar refractivity (Wildman–Crippen MR) is 86.2 cm³/mol. The van der Waals surface area contributed by atoms with Crippen LogP contribution in [0.4, 0.5) is 5.82 Å². The van der Waals surface area contributed by atoms with Gasteiger partial charge in [-0.1, -0.05) is 33.3 Å². The summed E-state index contributed by atoms with van der Waals surface area (Å²) in [5.41, 5.74) is 2.48. The molecule has 1 saturated carbocycles. The van der Waals surface area contributed by atoms with Gasteiger partial charge in [-0.15, -0.1) is 0 Å². The Morgan fingerprint density at radius 3 is 2.65 bits per heavy atom. The van der Waals surface area contributed by atoms with Crippen LogP contribution in [0.5, 0.6) is 0 Å². The smallest absolute Gasteiger partial charge is 0.129 e. The van der Waals surface area contributed by atoms with Crippen LogP contribution in [-0.4, -0.2) is 23.6 Å². The summed E-state index contributed by atoms with van der Waals surface area (Å²) >= 11 is 0. The molecule has 1 N–H and O–H groups in total. The quantitative estimate of drug-likeness (QED) is 0.785. The van der Waals surface area contributed by atoms with Gasteiger partial charge in [-0.25, -0.2) is 4.98 Å². The maximum Gasteiger partial charge on any atom is 0.129 e. The molecule has 0 amide bonds. The van der Waals surface area contributed by atoms with E-state index in [4.69, 9.17) is 4.98 Å². The summed E-state index contributed by atoms with van der Waals surface area (Å²) in [4.78, 5) is 7.36. The lowest BCUT2D eigenvalue weighted by atomic mass is 10.2. The van der Waals surface area contributed by atoms with Crippen molar-refractivity contribution in [3.05, 3.63) is 23.4 Å². The van der Waals surface area contributed by atoms with E-state index in [1.807, 2.05) is 0 Å². The van der Waals surface area contributed by atoms with Crippen LogP contribution >= 0.6 is 0 Å². The van der Waals surface area contributed by atoms with Crippen LogP contribution in [-0.2, 0) is 6.54 Å². The maximum absolute atomic E-state index is 4.85. The summed E-state index contributed by atoms with van der Waals surface area (Å²) in [7, 11) is 0. The molecule has 2 rings (SSSR count). The van der Waals surface area contributed by atoms with E-state index in [-0.39, 0.29) is 0 Å². The highest BCUT2D eigenvalue weighted by atomic mass is 15.2. The molecule has 1 fully saturated rings. The van der Waals surface area contributed by atoms with Gasteiger partial charge in [0.15, 0.2) is 0 Å². The van der Waals surface area contributed by atoms with Crippen molar-refractivity contribution >= 4 is 5.82 Å². The van der Waals surface area contributed by atoms with E-state index in [0.717, 1.165) is 24.8 Å². The van der Waals surface area contributed by atoms with Gasteiger partial charge in [-0.3, -0.25) is 0 Å². The predicted octanol–water partition coefficient (Wildman–Crippen LogP) is 3.66. The fraction of sp³-hybridized carbons (Fsp3) is 0.706. The van der Waals surface area contributed by atoms with Gasteiger partial charge in [0, 0.05) is 30.9 Å². The summed E-state index contributed by atoms with van der Waals surface area (Å²) < 4.78 is 0. The third-order valence-electron chi connectivity index (χ3n) is 3.92. The monoisotopic (exact) mass is 275 g/mol. The molecule has 1 heterocycles. The number of pyridine rings is 1. The van der Waals surface area contributed by atoms with Gasteiger partial charge < -0.3 is 10.2 Å². The van der Waals surface area contributed by atoms with Crippen molar-refractivity contribution in [1.29, 1.82) is 0 Å². The number of unbranched alkanes of at least 4 members (excludes halogenated alkanes) is 1. The number of nitrogens with one attached hydrogen (secondary N) is 1. The van der Waals surface area contributed by atoms with E-state index >= 15 is 0 Å². The number of aryl methyl sites for hydroxylation is 1. The molecule has 0 aliphatic heterocycles. The summed E-state index contributed by atoms with van der Waals surface area (Å²) in [6.07, 6.45) is 5.18. The molecule has 1 aliphatic carbocycles. The largest absolute Gasteiger partial charge is 0.354 e. The second-order valence-corrected chi connectivity index (χ2v) is 6.23. The number of nitrogens with zero attached hydrogens (tertiary/aromatic N) is 2. The number of anilines is 1. The van der Waals surface area contributed by atoms with Crippen LogP contribution in [0.1, 0.15) is 57.7 Å². The Morgan fingerprint density at radius 2 is 2.10 bits per heavy atom. The minimum absolute atomic E-state index is 0.515. The first-order valence-corrected chi connectivity index (χ1v) is 8.08. The van der Waals surface area contributed by atoms with Crippen molar-refractivity contribution in [2.45, 2.75) is 72.0 Å². The molecule has 3 heteroatoms. The first kappa shape index (κ1) is 15.3. The molecule has 112 valence electrons. The van der Waals surface area contributed by atoms with Crippen molar-refractivity contribution < 1.29 is 0 Å². The minimum atomic E-state index is 0.515. The molecular weight excluding hydrogens is 246 g/mol. The Kier molecular flexibility index (Phi) is 5.41. The second kappa shape index (κ2) is 7.07. The summed E-state index contributed by atoms with van der Waals surface area (Å²) in [6, 6.07) is 5.71. The molecule has 20 heavy (non-hydrogen) atoms. The van der Waals surface area contributed by atoms with Gasteiger partial charge >= 0.3 is 0 Å². The Bertz CT molecular complexity index is 424. The van der Waals surface area contributed by atoms with Crippen LogP contribution in [0, 0.1) is 6.92 Å². The van der Waals surface area contributed by atoms with E-state index in [0.29, 0.717) is 6.04 Å². The fourth-order valence-corrected chi connectivity index (χ4v) is 2.44. The van der Waals surface area contributed by atoms with Crippen molar-refractivity contribution in [3.63, 3.8) is 0 Å². The molecule has 0 aromatic carbocycles. The number of hydrogen-bond acceptors (Lipinski definition) is 3. The van der Waals surface area contributed by atoms with Crippen molar-refractivity contribution in [1.82, 2.24) is 10.3 Å². The van der Waals surface area contributed by atoms with Crippen LogP contribution in [0.15, 0.2) is 12.1 Å². The Morgan fingerprint density at radius 1 is 1.35 bits per heavy atom. The van der Waals surface area contributed by atoms with E-state index in [9.17, 15) is 0 Å².